The van der Waals surface area contributed by atoms with E-state index in [0.29, 0.717) is 38.1 Å². The molecule has 29 heavy (non-hydrogen) atoms. The number of piperidine rings is 1. The van der Waals surface area contributed by atoms with Gasteiger partial charge in [0.15, 0.2) is 0 Å². The number of carbonyl (C=O) groups is 4. The highest BCUT2D eigenvalue weighted by molar-refractivity contribution is 6.05. The summed E-state index contributed by atoms with van der Waals surface area (Å²) >= 11 is 0. The van der Waals surface area contributed by atoms with Crippen LogP contribution >= 0.6 is 0 Å². The molecule has 0 radical (unpaired) electrons. The van der Waals surface area contributed by atoms with Crippen molar-refractivity contribution in [1.82, 2.24) is 15.5 Å². The maximum atomic E-state index is 12.9. The highest BCUT2D eigenvalue weighted by Gasteiger charge is 2.39. The Hall–Kier alpha value is -2.74. The van der Waals surface area contributed by atoms with Crippen LogP contribution in [0.4, 0.5) is 0 Å². The van der Waals surface area contributed by atoms with Crippen LogP contribution in [0.1, 0.15) is 60.5 Å². The molecule has 4 rings (SSSR count). The Morgan fingerprint density at radius 1 is 1.31 bits per heavy atom. The van der Waals surface area contributed by atoms with Crippen molar-refractivity contribution in [2.45, 2.75) is 63.8 Å². The molecule has 0 saturated carbocycles. The van der Waals surface area contributed by atoms with Gasteiger partial charge in [-0.2, -0.15) is 0 Å². The van der Waals surface area contributed by atoms with Crippen molar-refractivity contribution in [1.29, 1.82) is 0 Å². The maximum Gasteiger partial charge on any atom is 0.255 e. The van der Waals surface area contributed by atoms with Crippen molar-refractivity contribution >= 4 is 23.6 Å². The Kier molecular flexibility index (Phi) is 5.12. The summed E-state index contributed by atoms with van der Waals surface area (Å²) in [5.41, 5.74) is 1.40. The van der Waals surface area contributed by atoms with Crippen LogP contribution in [-0.4, -0.2) is 46.8 Å². The van der Waals surface area contributed by atoms with Gasteiger partial charge in [0.2, 0.25) is 11.8 Å². The van der Waals surface area contributed by atoms with Gasteiger partial charge in [-0.05, 0) is 49.8 Å². The lowest BCUT2D eigenvalue weighted by atomic mass is 9.95. The summed E-state index contributed by atoms with van der Waals surface area (Å²) in [6.07, 6.45) is 3.20. The average Bonchev–Trinajstić information content (AvgIpc) is 3.02. The lowest BCUT2D eigenvalue weighted by Crippen LogP contribution is -2.52. The number of ether oxygens (including phenoxy) is 1. The lowest BCUT2D eigenvalue weighted by Gasteiger charge is -2.32. The number of fused-ring (bicyclic) bond motifs is 1. The minimum atomic E-state index is -0.798. The Morgan fingerprint density at radius 2 is 2.14 bits per heavy atom. The molecular formula is C21H25N3O5. The van der Waals surface area contributed by atoms with Gasteiger partial charge in [0.25, 0.3) is 11.8 Å². The van der Waals surface area contributed by atoms with Crippen LogP contribution in [0, 0.1) is 0 Å². The number of benzene rings is 1. The first-order valence-electron chi connectivity index (χ1n) is 10.1. The third-order valence-electron chi connectivity index (χ3n) is 5.99. The molecule has 4 amide bonds. The largest absolute Gasteiger partial charge is 0.365 e. The fourth-order valence-electron chi connectivity index (χ4n) is 4.19. The normalized spacial score (nSPS) is 26.9. The smallest absolute Gasteiger partial charge is 0.255 e. The molecule has 3 aliphatic heterocycles. The Balaban J connectivity index is 1.42. The lowest BCUT2D eigenvalue weighted by molar-refractivity contribution is -0.150. The van der Waals surface area contributed by atoms with Crippen molar-refractivity contribution in [3.05, 3.63) is 34.9 Å². The van der Waals surface area contributed by atoms with Gasteiger partial charge in [-0.3, -0.25) is 24.5 Å². The zero-order valence-corrected chi connectivity index (χ0v) is 16.5. The molecule has 2 atom stereocenters. The van der Waals surface area contributed by atoms with E-state index in [9.17, 15) is 19.2 Å². The summed E-state index contributed by atoms with van der Waals surface area (Å²) in [5, 5.41) is 5.21. The van der Waals surface area contributed by atoms with E-state index in [1.807, 2.05) is 19.1 Å². The number of rotatable bonds is 4. The van der Waals surface area contributed by atoms with Gasteiger partial charge in [-0.1, -0.05) is 12.1 Å². The number of amides is 4. The van der Waals surface area contributed by atoms with E-state index in [2.05, 4.69) is 10.6 Å². The second-order valence-corrected chi connectivity index (χ2v) is 8.11. The molecule has 2 unspecified atom stereocenters. The summed E-state index contributed by atoms with van der Waals surface area (Å²) in [4.78, 5) is 50.4. The first-order valence-corrected chi connectivity index (χ1v) is 10.1. The van der Waals surface area contributed by atoms with Crippen LogP contribution in [-0.2, 0) is 32.2 Å². The minimum absolute atomic E-state index is 0.144. The van der Waals surface area contributed by atoms with E-state index < -0.39 is 17.6 Å². The Morgan fingerprint density at radius 3 is 2.86 bits per heavy atom. The minimum Gasteiger partial charge on any atom is -0.365 e. The molecule has 0 aliphatic carbocycles. The van der Waals surface area contributed by atoms with E-state index in [4.69, 9.17) is 4.74 Å². The predicted molar refractivity (Wildman–Crippen MR) is 103 cm³/mol. The van der Waals surface area contributed by atoms with Crippen molar-refractivity contribution in [2.75, 3.05) is 6.61 Å². The molecular weight excluding hydrogens is 374 g/mol. The highest BCUT2D eigenvalue weighted by atomic mass is 16.5. The fraction of sp³-hybridized carbons (Fsp3) is 0.524. The zero-order chi connectivity index (χ0) is 20.6. The van der Waals surface area contributed by atoms with Crippen LogP contribution in [0.15, 0.2) is 18.2 Å². The van der Waals surface area contributed by atoms with Gasteiger partial charge >= 0.3 is 0 Å². The molecule has 2 fully saturated rings. The third kappa shape index (κ3) is 3.76. The van der Waals surface area contributed by atoms with Crippen LogP contribution < -0.4 is 10.6 Å². The number of hydrogen-bond acceptors (Lipinski definition) is 5. The van der Waals surface area contributed by atoms with Crippen molar-refractivity contribution in [3.63, 3.8) is 0 Å². The standard InChI is InChI=1S/C21H25N3O5/c1-21(8-2-3-9-29-21)20(28)22-11-13-4-5-14-12-24(19(27)15(14)10-13)16-6-7-17(25)23-18(16)26/h4-5,10,16H,2-3,6-9,11-12H2,1H3,(H,22,28)(H,23,25,26). The first kappa shape index (κ1) is 19.6. The third-order valence-corrected chi connectivity index (χ3v) is 5.99. The molecule has 3 aliphatic rings. The van der Waals surface area contributed by atoms with Crippen LogP contribution in [0.3, 0.4) is 0 Å². The monoisotopic (exact) mass is 399 g/mol. The summed E-state index contributed by atoms with van der Waals surface area (Å²) < 4.78 is 5.67. The van der Waals surface area contributed by atoms with E-state index in [1.54, 1.807) is 6.07 Å². The van der Waals surface area contributed by atoms with E-state index in [1.165, 1.54) is 4.90 Å². The highest BCUT2D eigenvalue weighted by Crippen LogP contribution is 2.28. The molecule has 154 valence electrons. The van der Waals surface area contributed by atoms with Crippen molar-refractivity contribution in [3.8, 4) is 0 Å². The molecule has 0 aromatic heterocycles. The molecule has 8 heteroatoms. The number of nitrogens with one attached hydrogen (secondary N) is 2. The van der Waals surface area contributed by atoms with Crippen LogP contribution in [0.2, 0.25) is 0 Å². The second-order valence-electron chi connectivity index (χ2n) is 8.11. The quantitative estimate of drug-likeness (QED) is 0.736. The zero-order valence-electron chi connectivity index (χ0n) is 16.5. The molecule has 2 N–H and O–H groups in total. The fourth-order valence-corrected chi connectivity index (χ4v) is 4.19. The van der Waals surface area contributed by atoms with Crippen molar-refractivity contribution < 1.29 is 23.9 Å². The summed E-state index contributed by atoms with van der Waals surface area (Å²) in [6, 6.07) is 4.89. The molecule has 3 heterocycles. The summed E-state index contributed by atoms with van der Waals surface area (Å²) in [6.45, 7) is 3.05. The molecule has 1 aromatic carbocycles. The Labute approximate surface area is 169 Å². The molecule has 0 spiro atoms. The van der Waals surface area contributed by atoms with Gasteiger partial charge in [-0.25, -0.2) is 0 Å². The summed E-state index contributed by atoms with van der Waals surface area (Å²) in [5.74, 6) is -1.08. The number of imide groups is 1. The average molecular weight is 399 g/mol. The maximum absolute atomic E-state index is 12.9. The van der Waals surface area contributed by atoms with Gasteiger partial charge in [0.05, 0.1) is 0 Å². The first-order chi connectivity index (χ1) is 13.9. The number of carbonyl (C=O) groups excluding carboxylic acids is 4. The summed E-state index contributed by atoms with van der Waals surface area (Å²) in [7, 11) is 0. The molecule has 0 bridgehead atoms. The van der Waals surface area contributed by atoms with Gasteiger partial charge in [0.1, 0.15) is 11.6 Å². The van der Waals surface area contributed by atoms with Gasteiger partial charge in [-0.15, -0.1) is 0 Å². The molecule has 8 nitrogen and oxygen atoms in total. The van der Waals surface area contributed by atoms with Crippen LogP contribution in [0.25, 0.3) is 0 Å². The Bertz CT molecular complexity index is 875. The SMILES string of the molecule is CC1(C(=O)NCc2ccc3c(c2)C(=O)N(C2CCC(=O)NC2=O)C3)CCCCO1. The van der Waals surface area contributed by atoms with Crippen LogP contribution in [0.5, 0.6) is 0 Å². The predicted octanol–water partition coefficient (Wildman–Crippen LogP) is 1.02. The molecule has 1 aromatic rings. The molecule has 2 saturated heterocycles. The van der Waals surface area contributed by atoms with E-state index in [0.717, 1.165) is 24.0 Å². The van der Waals surface area contributed by atoms with E-state index in [-0.39, 0.29) is 24.1 Å². The topological polar surface area (TPSA) is 105 Å². The second kappa shape index (κ2) is 7.59. The van der Waals surface area contributed by atoms with Gasteiger partial charge < -0.3 is 15.0 Å². The number of nitrogens with zero attached hydrogens (tertiary/aromatic N) is 1. The van der Waals surface area contributed by atoms with E-state index >= 15 is 0 Å². The van der Waals surface area contributed by atoms with Gasteiger partial charge in [0, 0.05) is 31.7 Å². The van der Waals surface area contributed by atoms with Crippen molar-refractivity contribution in [2.24, 2.45) is 0 Å². The number of hydrogen-bond donors (Lipinski definition) is 2.